The summed E-state index contributed by atoms with van der Waals surface area (Å²) >= 11 is 0. The van der Waals surface area contributed by atoms with Gasteiger partial charge >= 0.3 is 0 Å². The van der Waals surface area contributed by atoms with Crippen molar-refractivity contribution in [3.05, 3.63) is 69.3 Å². The third-order valence-electron chi connectivity index (χ3n) is 3.37. The zero-order valence-electron chi connectivity index (χ0n) is 11.9. The van der Waals surface area contributed by atoms with E-state index in [1.54, 1.807) is 19.1 Å². The molecule has 0 saturated heterocycles. The molecule has 0 aromatic heterocycles. The molecule has 20 heavy (non-hydrogen) atoms. The Labute approximate surface area is 118 Å². The first-order valence-corrected chi connectivity index (χ1v) is 6.55. The van der Waals surface area contributed by atoms with Crippen LogP contribution in [-0.2, 0) is 0 Å². The van der Waals surface area contributed by atoms with E-state index >= 15 is 0 Å². The van der Waals surface area contributed by atoms with Crippen molar-refractivity contribution in [1.82, 2.24) is 0 Å². The lowest BCUT2D eigenvalue weighted by Gasteiger charge is -2.16. The summed E-state index contributed by atoms with van der Waals surface area (Å²) < 4.78 is 0. The van der Waals surface area contributed by atoms with E-state index in [0.717, 1.165) is 11.3 Å². The Morgan fingerprint density at radius 3 is 2.35 bits per heavy atom. The highest BCUT2D eigenvalue weighted by Gasteiger charge is 2.12. The number of aryl methyl sites for hydroxylation is 2. The summed E-state index contributed by atoms with van der Waals surface area (Å²) in [5.74, 6) is 0. The molecule has 104 valence electrons. The molecule has 2 aromatic rings. The van der Waals surface area contributed by atoms with Crippen LogP contribution in [0.3, 0.4) is 0 Å². The van der Waals surface area contributed by atoms with Crippen LogP contribution in [0.2, 0.25) is 0 Å². The fourth-order valence-electron chi connectivity index (χ4n) is 2.08. The molecular formula is C16H18N2O2. The minimum Gasteiger partial charge on any atom is -0.378 e. The van der Waals surface area contributed by atoms with Crippen LogP contribution in [-0.4, -0.2) is 4.92 Å². The number of rotatable bonds is 4. The number of nitro groups is 1. The second-order valence-corrected chi connectivity index (χ2v) is 5.04. The highest BCUT2D eigenvalue weighted by molar-refractivity contribution is 5.55. The van der Waals surface area contributed by atoms with Gasteiger partial charge in [0.05, 0.1) is 4.92 Å². The summed E-state index contributed by atoms with van der Waals surface area (Å²) in [4.78, 5) is 10.6. The van der Waals surface area contributed by atoms with Crippen LogP contribution in [0.5, 0.6) is 0 Å². The van der Waals surface area contributed by atoms with Crippen molar-refractivity contribution in [2.75, 3.05) is 5.32 Å². The number of hydrogen-bond acceptors (Lipinski definition) is 3. The van der Waals surface area contributed by atoms with Gasteiger partial charge in [0.2, 0.25) is 0 Å². The van der Waals surface area contributed by atoms with Gasteiger partial charge in [0.25, 0.3) is 5.69 Å². The van der Waals surface area contributed by atoms with E-state index in [4.69, 9.17) is 0 Å². The van der Waals surface area contributed by atoms with Gasteiger partial charge in [-0.15, -0.1) is 0 Å². The van der Waals surface area contributed by atoms with Crippen molar-refractivity contribution >= 4 is 11.4 Å². The predicted molar refractivity (Wildman–Crippen MR) is 81.1 cm³/mol. The molecular weight excluding hydrogens is 252 g/mol. The maximum atomic E-state index is 10.9. The largest absolute Gasteiger partial charge is 0.378 e. The molecule has 1 unspecified atom stereocenters. The van der Waals surface area contributed by atoms with Crippen LogP contribution < -0.4 is 5.32 Å². The lowest BCUT2D eigenvalue weighted by atomic mass is 10.1. The molecule has 0 radical (unpaired) electrons. The van der Waals surface area contributed by atoms with Gasteiger partial charge in [0, 0.05) is 23.4 Å². The standard InChI is InChI=1S/C16H18N2O2/c1-11-4-7-14(8-5-11)13(3)17-15-9-6-12(2)16(10-15)18(19)20/h4-10,13,17H,1-3H3. The fourth-order valence-corrected chi connectivity index (χ4v) is 2.08. The van der Waals surface area contributed by atoms with Crippen LogP contribution >= 0.6 is 0 Å². The van der Waals surface area contributed by atoms with E-state index in [0.29, 0.717) is 5.56 Å². The minimum atomic E-state index is -0.350. The summed E-state index contributed by atoms with van der Waals surface area (Å²) in [6, 6.07) is 13.6. The summed E-state index contributed by atoms with van der Waals surface area (Å²) in [5, 5.41) is 14.2. The Kier molecular flexibility index (Phi) is 4.03. The van der Waals surface area contributed by atoms with Gasteiger partial charge < -0.3 is 5.32 Å². The normalized spacial score (nSPS) is 11.9. The molecule has 0 aliphatic heterocycles. The van der Waals surface area contributed by atoms with Gasteiger partial charge in [0.15, 0.2) is 0 Å². The molecule has 0 spiro atoms. The van der Waals surface area contributed by atoms with E-state index < -0.39 is 0 Å². The molecule has 4 nitrogen and oxygen atoms in total. The Bertz CT molecular complexity index is 621. The number of nitro benzene ring substituents is 1. The molecule has 0 bridgehead atoms. The first-order chi connectivity index (χ1) is 9.47. The fraction of sp³-hybridized carbons (Fsp3) is 0.250. The number of benzene rings is 2. The van der Waals surface area contributed by atoms with Crippen molar-refractivity contribution in [3.63, 3.8) is 0 Å². The average molecular weight is 270 g/mol. The van der Waals surface area contributed by atoms with Gasteiger partial charge in [-0.3, -0.25) is 10.1 Å². The van der Waals surface area contributed by atoms with Crippen molar-refractivity contribution in [3.8, 4) is 0 Å². The first-order valence-electron chi connectivity index (χ1n) is 6.55. The topological polar surface area (TPSA) is 55.2 Å². The van der Waals surface area contributed by atoms with E-state index in [1.807, 2.05) is 19.9 Å². The van der Waals surface area contributed by atoms with Crippen molar-refractivity contribution in [2.24, 2.45) is 0 Å². The molecule has 0 aliphatic rings. The van der Waals surface area contributed by atoms with Gasteiger partial charge in [-0.05, 0) is 32.4 Å². The second-order valence-electron chi connectivity index (χ2n) is 5.04. The summed E-state index contributed by atoms with van der Waals surface area (Å²) in [6.07, 6.45) is 0. The molecule has 1 atom stereocenters. The van der Waals surface area contributed by atoms with Gasteiger partial charge in [-0.1, -0.05) is 35.9 Å². The highest BCUT2D eigenvalue weighted by Crippen LogP contribution is 2.25. The SMILES string of the molecule is Cc1ccc(C(C)Nc2ccc(C)c([N+](=O)[O-])c2)cc1. The van der Waals surface area contributed by atoms with E-state index in [1.165, 1.54) is 5.56 Å². The predicted octanol–water partition coefficient (Wildman–Crippen LogP) is 4.38. The van der Waals surface area contributed by atoms with Crippen molar-refractivity contribution in [2.45, 2.75) is 26.8 Å². The summed E-state index contributed by atoms with van der Waals surface area (Å²) in [5.41, 5.74) is 3.94. The Morgan fingerprint density at radius 2 is 1.75 bits per heavy atom. The Morgan fingerprint density at radius 1 is 1.10 bits per heavy atom. The molecule has 0 heterocycles. The molecule has 4 heteroatoms. The molecule has 2 rings (SSSR count). The lowest BCUT2D eigenvalue weighted by molar-refractivity contribution is -0.385. The molecule has 0 aliphatic carbocycles. The highest BCUT2D eigenvalue weighted by atomic mass is 16.6. The second kappa shape index (κ2) is 5.74. The number of nitrogens with one attached hydrogen (secondary N) is 1. The number of hydrogen-bond donors (Lipinski definition) is 1. The van der Waals surface area contributed by atoms with Crippen LogP contribution in [0.15, 0.2) is 42.5 Å². The number of nitrogens with zero attached hydrogens (tertiary/aromatic N) is 1. The summed E-state index contributed by atoms with van der Waals surface area (Å²) in [7, 11) is 0. The lowest BCUT2D eigenvalue weighted by Crippen LogP contribution is -2.07. The molecule has 0 amide bonds. The third kappa shape index (κ3) is 3.15. The van der Waals surface area contributed by atoms with Crippen molar-refractivity contribution < 1.29 is 4.92 Å². The minimum absolute atomic E-state index is 0.0953. The van der Waals surface area contributed by atoms with E-state index in [2.05, 4.69) is 29.6 Å². The molecule has 0 fully saturated rings. The summed E-state index contributed by atoms with van der Waals surface area (Å²) in [6.45, 7) is 5.83. The monoisotopic (exact) mass is 270 g/mol. The molecule has 0 saturated carbocycles. The Hall–Kier alpha value is -2.36. The van der Waals surface area contributed by atoms with E-state index in [-0.39, 0.29) is 16.7 Å². The van der Waals surface area contributed by atoms with Crippen molar-refractivity contribution in [1.29, 1.82) is 0 Å². The first kappa shape index (κ1) is 14.1. The van der Waals surface area contributed by atoms with Gasteiger partial charge in [-0.2, -0.15) is 0 Å². The Balaban J connectivity index is 2.19. The molecule has 1 N–H and O–H groups in total. The van der Waals surface area contributed by atoms with Crippen LogP contribution in [0.1, 0.15) is 29.7 Å². The number of anilines is 1. The van der Waals surface area contributed by atoms with E-state index in [9.17, 15) is 10.1 Å². The van der Waals surface area contributed by atoms with Crippen LogP contribution in [0.25, 0.3) is 0 Å². The quantitative estimate of drug-likeness (QED) is 0.662. The van der Waals surface area contributed by atoms with Gasteiger partial charge in [0.1, 0.15) is 0 Å². The van der Waals surface area contributed by atoms with Crippen LogP contribution in [0.4, 0.5) is 11.4 Å². The molecule has 2 aromatic carbocycles. The smallest absolute Gasteiger partial charge is 0.274 e. The maximum absolute atomic E-state index is 10.9. The zero-order valence-corrected chi connectivity index (χ0v) is 11.9. The zero-order chi connectivity index (χ0) is 14.7. The van der Waals surface area contributed by atoms with Gasteiger partial charge in [-0.25, -0.2) is 0 Å². The maximum Gasteiger partial charge on any atom is 0.274 e. The average Bonchev–Trinajstić information content (AvgIpc) is 2.41. The third-order valence-corrected chi connectivity index (χ3v) is 3.37. The van der Waals surface area contributed by atoms with Crippen LogP contribution in [0, 0.1) is 24.0 Å².